The van der Waals surface area contributed by atoms with E-state index in [0.717, 1.165) is 0 Å². The lowest BCUT2D eigenvalue weighted by Gasteiger charge is -2.06. The molecule has 6 nitrogen and oxygen atoms in total. The Balaban J connectivity index is 1.66. The molecule has 3 aromatic rings. The highest BCUT2D eigenvalue weighted by Gasteiger charge is 2.12. The van der Waals surface area contributed by atoms with E-state index in [4.69, 9.17) is 4.74 Å². The van der Waals surface area contributed by atoms with Crippen molar-refractivity contribution in [3.05, 3.63) is 92.4 Å². The monoisotopic (exact) mass is 516 g/mol. The van der Waals surface area contributed by atoms with Crippen LogP contribution in [-0.4, -0.2) is 23.2 Å². The summed E-state index contributed by atoms with van der Waals surface area (Å²) in [5, 5.41) is 13.7. The number of nitrogens with zero attached hydrogens (tertiary/aromatic N) is 1. The fourth-order valence-electron chi connectivity index (χ4n) is 2.36. The first kappa shape index (κ1) is 20.8. The van der Waals surface area contributed by atoms with Crippen molar-refractivity contribution >= 4 is 50.0 Å². The van der Waals surface area contributed by atoms with Crippen LogP contribution in [0.5, 0.6) is 11.5 Å². The van der Waals surface area contributed by atoms with Gasteiger partial charge in [-0.25, -0.2) is 10.2 Å². The zero-order valence-electron chi connectivity index (χ0n) is 14.8. The van der Waals surface area contributed by atoms with Gasteiger partial charge in [-0.05, 0) is 64.0 Å². The van der Waals surface area contributed by atoms with Crippen LogP contribution in [0.4, 0.5) is 0 Å². The van der Waals surface area contributed by atoms with E-state index in [-0.39, 0.29) is 11.3 Å². The second kappa shape index (κ2) is 9.49. The number of phenols is 1. The first-order valence-electron chi connectivity index (χ1n) is 8.33. The third-order valence-corrected chi connectivity index (χ3v) is 4.93. The molecular formula is C21H14Br2N2O4. The summed E-state index contributed by atoms with van der Waals surface area (Å²) in [5.41, 5.74) is 3.46. The minimum Gasteiger partial charge on any atom is -0.507 e. The van der Waals surface area contributed by atoms with E-state index in [1.54, 1.807) is 54.6 Å². The highest BCUT2D eigenvalue weighted by Crippen LogP contribution is 2.22. The Morgan fingerprint density at radius 3 is 2.55 bits per heavy atom. The quantitative estimate of drug-likeness (QED) is 0.218. The number of carbonyl (C=O) groups is 2. The minimum atomic E-state index is -0.559. The van der Waals surface area contributed by atoms with Crippen molar-refractivity contribution in [3.63, 3.8) is 0 Å². The number of benzene rings is 3. The molecule has 0 radical (unpaired) electrons. The molecule has 1 amide bonds. The molecule has 0 bridgehead atoms. The highest BCUT2D eigenvalue weighted by atomic mass is 79.9. The molecular weight excluding hydrogens is 504 g/mol. The van der Waals surface area contributed by atoms with Crippen LogP contribution in [0, 0.1) is 0 Å². The molecule has 0 aliphatic heterocycles. The van der Waals surface area contributed by atoms with Gasteiger partial charge < -0.3 is 9.84 Å². The topological polar surface area (TPSA) is 88.0 Å². The Morgan fingerprint density at radius 2 is 1.76 bits per heavy atom. The van der Waals surface area contributed by atoms with E-state index < -0.39 is 11.9 Å². The Bertz CT molecular complexity index is 1100. The van der Waals surface area contributed by atoms with Crippen molar-refractivity contribution in [2.45, 2.75) is 0 Å². The van der Waals surface area contributed by atoms with E-state index >= 15 is 0 Å². The third-order valence-electron chi connectivity index (χ3n) is 3.75. The van der Waals surface area contributed by atoms with Crippen LogP contribution in [-0.2, 0) is 0 Å². The summed E-state index contributed by atoms with van der Waals surface area (Å²) in [6.07, 6.45) is 1.41. The van der Waals surface area contributed by atoms with E-state index in [9.17, 15) is 14.7 Å². The minimum absolute atomic E-state index is 0.0904. The maximum atomic E-state index is 12.3. The van der Waals surface area contributed by atoms with E-state index in [1.165, 1.54) is 18.3 Å². The van der Waals surface area contributed by atoms with E-state index in [0.29, 0.717) is 25.8 Å². The highest BCUT2D eigenvalue weighted by molar-refractivity contribution is 9.10. The van der Waals surface area contributed by atoms with Crippen molar-refractivity contribution in [2.24, 2.45) is 5.10 Å². The summed E-state index contributed by atoms with van der Waals surface area (Å²) in [7, 11) is 0. The van der Waals surface area contributed by atoms with Gasteiger partial charge in [-0.1, -0.05) is 40.2 Å². The normalized spacial score (nSPS) is 10.7. The number of halogens is 2. The molecule has 3 rings (SSSR count). The number of nitrogens with one attached hydrogen (secondary N) is 1. The summed E-state index contributed by atoms with van der Waals surface area (Å²) < 4.78 is 6.69. The summed E-state index contributed by atoms with van der Waals surface area (Å²) in [4.78, 5) is 24.4. The zero-order chi connectivity index (χ0) is 20.8. The number of ether oxygens (including phenoxy) is 1. The Morgan fingerprint density at radius 1 is 0.966 bits per heavy atom. The van der Waals surface area contributed by atoms with Gasteiger partial charge in [0.05, 0.1) is 17.3 Å². The molecule has 0 saturated carbocycles. The van der Waals surface area contributed by atoms with Gasteiger partial charge in [0, 0.05) is 8.95 Å². The molecule has 0 saturated heterocycles. The standard InChI is InChI=1S/C21H14Br2N2O4/c22-14-8-9-19(26)17(11-14)20(27)25-24-12-13-4-3-5-15(10-13)29-21(28)16-6-1-2-7-18(16)23/h1-12,26H,(H,25,27). The van der Waals surface area contributed by atoms with E-state index in [1.807, 2.05) is 0 Å². The summed E-state index contributed by atoms with van der Waals surface area (Å²) in [5.74, 6) is -0.867. The molecule has 0 aromatic heterocycles. The number of hydrazone groups is 1. The van der Waals surface area contributed by atoms with Gasteiger partial charge in [-0.2, -0.15) is 5.10 Å². The zero-order valence-corrected chi connectivity index (χ0v) is 18.0. The Hall–Kier alpha value is -2.97. The lowest BCUT2D eigenvalue weighted by Crippen LogP contribution is -2.17. The van der Waals surface area contributed by atoms with Gasteiger partial charge in [0.15, 0.2) is 0 Å². The van der Waals surface area contributed by atoms with Gasteiger partial charge >= 0.3 is 5.97 Å². The molecule has 146 valence electrons. The van der Waals surface area contributed by atoms with Crippen LogP contribution < -0.4 is 10.2 Å². The summed E-state index contributed by atoms with van der Waals surface area (Å²) >= 11 is 6.56. The van der Waals surface area contributed by atoms with Gasteiger partial charge in [-0.15, -0.1) is 0 Å². The number of hydrogen-bond acceptors (Lipinski definition) is 5. The van der Waals surface area contributed by atoms with Crippen LogP contribution >= 0.6 is 31.9 Å². The third kappa shape index (κ3) is 5.52. The molecule has 2 N–H and O–H groups in total. The second-order valence-corrected chi connectivity index (χ2v) is 7.57. The summed E-state index contributed by atoms with van der Waals surface area (Å²) in [6, 6.07) is 18.2. The molecule has 0 fully saturated rings. The number of amides is 1. The van der Waals surface area contributed by atoms with Gasteiger partial charge in [0.25, 0.3) is 5.91 Å². The largest absolute Gasteiger partial charge is 0.507 e. The van der Waals surface area contributed by atoms with Gasteiger partial charge in [0.1, 0.15) is 11.5 Å². The lowest BCUT2D eigenvalue weighted by molar-refractivity contribution is 0.0733. The predicted molar refractivity (Wildman–Crippen MR) is 116 cm³/mol. The van der Waals surface area contributed by atoms with Crippen LogP contribution in [0.15, 0.2) is 80.8 Å². The van der Waals surface area contributed by atoms with Crippen molar-refractivity contribution in [1.82, 2.24) is 5.43 Å². The van der Waals surface area contributed by atoms with Gasteiger partial charge in [-0.3, -0.25) is 4.79 Å². The summed E-state index contributed by atoms with van der Waals surface area (Å²) in [6.45, 7) is 0. The molecule has 3 aromatic carbocycles. The SMILES string of the molecule is O=C(NN=Cc1cccc(OC(=O)c2ccccc2Br)c1)c1cc(Br)ccc1O. The predicted octanol–water partition coefficient (Wildman–Crippen LogP) is 4.90. The van der Waals surface area contributed by atoms with Crippen LogP contribution in [0.1, 0.15) is 26.3 Å². The molecule has 0 unspecified atom stereocenters. The number of hydrogen-bond donors (Lipinski definition) is 2. The number of rotatable bonds is 5. The number of carbonyl (C=O) groups excluding carboxylic acids is 2. The molecule has 8 heteroatoms. The number of esters is 1. The van der Waals surface area contributed by atoms with Gasteiger partial charge in [0.2, 0.25) is 0 Å². The molecule has 29 heavy (non-hydrogen) atoms. The fourth-order valence-corrected chi connectivity index (χ4v) is 3.17. The molecule has 0 atom stereocenters. The van der Waals surface area contributed by atoms with Crippen LogP contribution in [0.3, 0.4) is 0 Å². The van der Waals surface area contributed by atoms with Crippen molar-refractivity contribution < 1.29 is 19.4 Å². The van der Waals surface area contributed by atoms with Crippen molar-refractivity contribution in [2.75, 3.05) is 0 Å². The maximum absolute atomic E-state index is 12.3. The second-order valence-electron chi connectivity index (χ2n) is 5.80. The first-order chi connectivity index (χ1) is 13.9. The van der Waals surface area contributed by atoms with Crippen LogP contribution in [0.2, 0.25) is 0 Å². The Kier molecular flexibility index (Phi) is 6.79. The van der Waals surface area contributed by atoms with E-state index in [2.05, 4.69) is 42.4 Å². The number of aromatic hydroxyl groups is 1. The smallest absolute Gasteiger partial charge is 0.344 e. The molecule has 0 aliphatic rings. The molecule has 0 aliphatic carbocycles. The van der Waals surface area contributed by atoms with Crippen molar-refractivity contribution in [1.29, 1.82) is 0 Å². The van der Waals surface area contributed by atoms with Crippen LogP contribution in [0.25, 0.3) is 0 Å². The molecule has 0 heterocycles. The fraction of sp³-hybridized carbons (Fsp3) is 0. The maximum Gasteiger partial charge on any atom is 0.344 e. The van der Waals surface area contributed by atoms with Crippen molar-refractivity contribution in [3.8, 4) is 11.5 Å². The Labute approximate surface area is 183 Å². The lowest BCUT2D eigenvalue weighted by atomic mass is 10.2. The number of phenolic OH excluding ortho intramolecular Hbond substituents is 1. The molecule has 0 spiro atoms. The average molecular weight is 518 g/mol. The average Bonchev–Trinajstić information content (AvgIpc) is 2.70. The first-order valence-corrected chi connectivity index (χ1v) is 9.91.